The molecule has 0 unspecified atom stereocenters. The van der Waals surface area contributed by atoms with E-state index in [1.165, 1.54) is 25.6 Å². The number of methoxy groups -OCH3 is 2. The van der Waals surface area contributed by atoms with E-state index in [1.54, 1.807) is 18.2 Å². The van der Waals surface area contributed by atoms with E-state index >= 15 is 0 Å². The van der Waals surface area contributed by atoms with Crippen molar-refractivity contribution in [3.63, 3.8) is 0 Å². The van der Waals surface area contributed by atoms with Crippen molar-refractivity contribution >= 4 is 10.0 Å². The fourth-order valence-corrected chi connectivity index (χ4v) is 3.11. The lowest BCUT2D eigenvalue weighted by Crippen LogP contribution is -2.28. The summed E-state index contributed by atoms with van der Waals surface area (Å²) in [7, 11) is 0.966. The van der Waals surface area contributed by atoms with Gasteiger partial charge in [-0.25, -0.2) is 8.42 Å². The van der Waals surface area contributed by atoms with Crippen LogP contribution in [-0.4, -0.2) is 44.0 Å². The summed E-state index contributed by atoms with van der Waals surface area (Å²) in [6.45, 7) is 0.102. The Morgan fingerprint density at radius 1 is 1.09 bits per heavy atom. The van der Waals surface area contributed by atoms with Crippen LogP contribution in [0.3, 0.4) is 0 Å². The van der Waals surface area contributed by atoms with E-state index < -0.39 is 10.0 Å². The van der Waals surface area contributed by atoms with Gasteiger partial charge in [-0.2, -0.15) is 14.3 Å². The smallest absolute Gasteiger partial charge is 0.319 e. The van der Waals surface area contributed by atoms with E-state index in [4.69, 9.17) is 9.47 Å². The van der Waals surface area contributed by atoms with Gasteiger partial charge >= 0.3 is 6.01 Å². The van der Waals surface area contributed by atoms with Crippen LogP contribution in [-0.2, 0) is 22.3 Å². The summed E-state index contributed by atoms with van der Waals surface area (Å²) in [5, 5.41) is 0. The van der Waals surface area contributed by atoms with E-state index in [2.05, 4.69) is 9.97 Å². The number of nitrogens with zero attached hydrogens (tertiary/aromatic N) is 3. The molecular formula is C15H19N3O4S. The van der Waals surface area contributed by atoms with Gasteiger partial charge in [-0.05, 0) is 5.56 Å². The van der Waals surface area contributed by atoms with E-state index in [-0.39, 0.29) is 18.3 Å². The Bertz CT molecular complexity index is 728. The van der Waals surface area contributed by atoms with Gasteiger partial charge in [0.05, 0.1) is 32.2 Å². The molecule has 0 aliphatic rings. The van der Waals surface area contributed by atoms with Gasteiger partial charge in [-0.1, -0.05) is 30.3 Å². The summed E-state index contributed by atoms with van der Waals surface area (Å²) in [5.74, 6) is 0.254. The molecule has 0 atom stereocenters. The average Bonchev–Trinajstić information content (AvgIpc) is 2.54. The van der Waals surface area contributed by atoms with E-state index in [9.17, 15) is 8.42 Å². The average molecular weight is 337 g/mol. The number of sulfonamides is 1. The molecule has 0 spiro atoms. The van der Waals surface area contributed by atoms with Crippen LogP contribution in [0.25, 0.3) is 0 Å². The van der Waals surface area contributed by atoms with Crippen LogP contribution in [0.15, 0.2) is 36.4 Å². The molecule has 0 saturated heterocycles. The first-order chi connectivity index (χ1) is 10.9. The quantitative estimate of drug-likeness (QED) is 0.761. The minimum absolute atomic E-state index is 0.0658. The molecule has 8 heteroatoms. The lowest BCUT2D eigenvalue weighted by Gasteiger charge is -2.17. The summed E-state index contributed by atoms with van der Waals surface area (Å²) >= 11 is 0. The van der Waals surface area contributed by atoms with Crippen molar-refractivity contribution in [3.8, 4) is 11.9 Å². The fraction of sp³-hybridized carbons (Fsp3) is 0.333. The zero-order chi connectivity index (χ0) is 16.9. The molecule has 0 aliphatic carbocycles. The predicted molar refractivity (Wildman–Crippen MR) is 85.7 cm³/mol. The number of hydrogen-bond donors (Lipinski definition) is 0. The highest BCUT2D eigenvalue weighted by Crippen LogP contribution is 2.17. The Kier molecular flexibility index (Phi) is 5.51. The van der Waals surface area contributed by atoms with Crippen LogP contribution in [0.5, 0.6) is 11.9 Å². The largest absolute Gasteiger partial charge is 0.481 e. The van der Waals surface area contributed by atoms with Crippen LogP contribution < -0.4 is 9.47 Å². The second-order valence-corrected chi connectivity index (χ2v) is 6.96. The maximum atomic E-state index is 12.4. The molecule has 0 bridgehead atoms. The minimum atomic E-state index is -3.46. The van der Waals surface area contributed by atoms with Crippen LogP contribution in [0.1, 0.15) is 11.3 Å². The lowest BCUT2D eigenvalue weighted by atomic mass is 10.2. The second-order valence-electron chi connectivity index (χ2n) is 4.89. The number of ether oxygens (including phenoxy) is 2. The molecule has 0 radical (unpaired) electrons. The number of rotatable bonds is 7. The van der Waals surface area contributed by atoms with Crippen molar-refractivity contribution < 1.29 is 17.9 Å². The van der Waals surface area contributed by atoms with E-state index in [0.717, 1.165) is 5.56 Å². The van der Waals surface area contributed by atoms with Gasteiger partial charge < -0.3 is 9.47 Å². The molecule has 2 rings (SSSR count). The van der Waals surface area contributed by atoms with Crippen LogP contribution in [0.2, 0.25) is 0 Å². The molecule has 7 nitrogen and oxygen atoms in total. The van der Waals surface area contributed by atoms with Gasteiger partial charge in [0, 0.05) is 13.1 Å². The highest BCUT2D eigenvalue weighted by atomic mass is 32.2. The van der Waals surface area contributed by atoms with Gasteiger partial charge in [-0.3, -0.25) is 0 Å². The highest BCUT2D eigenvalue weighted by Gasteiger charge is 2.20. The van der Waals surface area contributed by atoms with Crippen molar-refractivity contribution in [2.24, 2.45) is 0 Å². The van der Waals surface area contributed by atoms with Gasteiger partial charge in [0.25, 0.3) is 0 Å². The first-order valence-electron chi connectivity index (χ1n) is 6.88. The topological polar surface area (TPSA) is 81.6 Å². The molecule has 0 saturated carbocycles. The van der Waals surface area contributed by atoms with E-state index in [0.29, 0.717) is 11.6 Å². The highest BCUT2D eigenvalue weighted by molar-refractivity contribution is 7.88. The van der Waals surface area contributed by atoms with Gasteiger partial charge in [0.2, 0.25) is 15.9 Å². The second kappa shape index (κ2) is 7.38. The molecule has 124 valence electrons. The van der Waals surface area contributed by atoms with Crippen LogP contribution in [0.4, 0.5) is 0 Å². The molecule has 1 aromatic heterocycles. The van der Waals surface area contributed by atoms with Gasteiger partial charge in [-0.15, -0.1) is 0 Å². The Morgan fingerprint density at radius 2 is 1.78 bits per heavy atom. The maximum absolute atomic E-state index is 12.4. The summed E-state index contributed by atoms with van der Waals surface area (Å²) < 4.78 is 36.2. The van der Waals surface area contributed by atoms with Crippen molar-refractivity contribution in [2.75, 3.05) is 21.3 Å². The number of hydrogen-bond acceptors (Lipinski definition) is 6. The monoisotopic (exact) mass is 337 g/mol. The molecule has 0 fully saturated rings. The SMILES string of the molecule is COc1cc(CN(C)S(=O)(=O)Cc2ccccc2)nc(OC)n1. The third-order valence-electron chi connectivity index (χ3n) is 3.18. The normalized spacial score (nSPS) is 11.5. The molecule has 1 aromatic carbocycles. The third kappa shape index (κ3) is 4.64. The summed E-state index contributed by atoms with van der Waals surface area (Å²) in [6, 6.07) is 10.7. The van der Waals surface area contributed by atoms with Crippen LogP contribution >= 0.6 is 0 Å². The van der Waals surface area contributed by atoms with Crippen molar-refractivity contribution in [1.29, 1.82) is 0 Å². The zero-order valence-electron chi connectivity index (χ0n) is 13.3. The Hall–Kier alpha value is -2.19. The fourth-order valence-electron chi connectivity index (χ4n) is 1.95. The summed E-state index contributed by atoms with van der Waals surface area (Å²) in [4.78, 5) is 8.13. The van der Waals surface area contributed by atoms with E-state index in [1.807, 2.05) is 18.2 Å². The molecule has 0 aliphatic heterocycles. The standard InChI is InChI=1S/C15H19N3O4S/c1-18(23(19,20)11-12-7-5-4-6-8-12)10-13-9-14(21-2)17-15(16-13)22-3/h4-9H,10-11H2,1-3H3. The maximum Gasteiger partial charge on any atom is 0.319 e. The van der Waals surface area contributed by atoms with Gasteiger partial charge in [0.15, 0.2) is 0 Å². The van der Waals surface area contributed by atoms with Crippen molar-refractivity contribution in [1.82, 2.24) is 14.3 Å². The van der Waals surface area contributed by atoms with Crippen molar-refractivity contribution in [2.45, 2.75) is 12.3 Å². The van der Waals surface area contributed by atoms with Crippen molar-refractivity contribution in [3.05, 3.63) is 47.7 Å². The molecule has 1 heterocycles. The third-order valence-corrected chi connectivity index (χ3v) is 4.96. The first-order valence-corrected chi connectivity index (χ1v) is 8.49. The molecule has 0 amide bonds. The molecule has 2 aromatic rings. The summed E-state index contributed by atoms with van der Waals surface area (Å²) in [5.41, 5.74) is 1.23. The molecule has 0 N–H and O–H groups in total. The first kappa shape index (κ1) is 17.2. The zero-order valence-corrected chi connectivity index (χ0v) is 14.1. The minimum Gasteiger partial charge on any atom is -0.481 e. The van der Waals surface area contributed by atoms with Crippen LogP contribution in [0, 0.1) is 0 Å². The number of aromatic nitrogens is 2. The number of benzene rings is 1. The Balaban J connectivity index is 2.16. The Morgan fingerprint density at radius 3 is 2.39 bits per heavy atom. The molecular weight excluding hydrogens is 318 g/mol. The molecule has 23 heavy (non-hydrogen) atoms. The Labute approximate surface area is 136 Å². The van der Waals surface area contributed by atoms with Gasteiger partial charge in [0.1, 0.15) is 0 Å². The predicted octanol–water partition coefficient (Wildman–Crippen LogP) is 1.46. The lowest BCUT2D eigenvalue weighted by molar-refractivity contribution is 0.347. The summed E-state index contributed by atoms with van der Waals surface area (Å²) in [6.07, 6.45) is 0.